The standard InChI is InChI=1S/C16H15FO3/c1-3-19-16(18)13-10-9-11(2)15(14(13)17)20-12-7-5-4-6-8-12/h4-10H,3H2,1-2H3. The number of aryl methyl sites for hydroxylation is 1. The van der Waals surface area contributed by atoms with Gasteiger partial charge < -0.3 is 9.47 Å². The highest BCUT2D eigenvalue weighted by molar-refractivity contribution is 5.90. The van der Waals surface area contributed by atoms with Gasteiger partial charge in [-0.3, -0.25) is 0 Å². The van der Waals surface area contributed by atoms with Crippen molar-refractivity contribution in [1.29, 1.82) is 0 Å². The van der Waals surface area contributed by atoms with Crippen LogP contribution < -0.4 is 4.74 Å². The van der Waals surface area contributed by atoms with Gasteiger partial charge in [-0.1, -0.05) is 24.3 Å². The first kappa shape index (κ1) is 14.1. The summed E-state index contributed by atoms with van der Waals surface area (Å²) in [6, 6.07) is 11.9. The lowest BCUT2D eigenvalue weighted by Crippen LogP contribution is -2.08. The Morgan fingerprint density at radius 3 is 2.50 bits per heavy atom. The molecule has 0 aliphatic heterocycles. The van der Waals surface area contributed by atoms with E-state index in [0.717, 1.165) is 0 Å². The van der Waals surface area contributed by atoms with Gasteiger partial charge in [0.05, 0.1) is 12.2 Å². The molecule has 3 nitrogen and oxygen atoms in total. The van der Waals surface area contributed by atoms with Crippen LogP contribution in [0.15, 0.2) is 42.5 Å². The molecule has 0 atom stereocenters. The second-order valence-corrected chi connectivity index (χ2v) is 4.21. The van der Waals surface area contributed by atoms with Crippen LogP contribution in [0.5, 0.6) is 11.5 Å². The van der Waals surface area contributed by atoms with Crippen molar-refractivity contribution in [2.45, 2.75) is 13.8 Å². The van der Waals surface area contributed by atoms with Crippen molar-refractivity contribution in [3.05, 3.63) is 59.4 Å². The van der Waals surface area contributed by atoms with Gasteiger partial charge in [-0.25, -0.2) is 9.18 Å². The topological polar surface area (TPSA) is 35.5 Å². The number of halogens is 1. The summed E-state index contributed by atoms with van der Waals surface area (Å²) in [4.78, 5) is 11.7. The zero-order valence-corrected chi connectivity index (χ0v) is 11.4. The van der Waals surface area contributed by atoms with E-state index in [1.165, 1.54) is 6.07 Å². The molecule has 0 radical (unpaired) electrons. The molecule has 20 heavy (non-hydrogen) atoms. The van der Waals surface area contributed by atoms with E-state index in [2.05, 4.69) is 0 Å². The first-order valence-electron chi connectivity index (χ1n) is 6.32. The lowest BCUT2D eigenvalue weighted by Gasteiger charge is -2.12. The molecule has 0 unspecified atom stereocenters. The highest BCUT2D eigenvalue weighted by Crippen LogP contribution is 2.30. The summed E-state index contributed by atoms with van der Waals surface area (Å²) in [7, 11) is 0. The van der Waals surface area contributed by atoms with E-state index in [1.54, 1.807) is 44.2 Å². The normalized spacial score (nSPS) is 10.2. The fourth-order valence-corrected chi connectivity index (χ4v) is 1.75. The Hall–Kier alpha value is -2.36. The smallest absolute Gasteiger partial charge is 0.341 e. The van der Waals surface area contributed by atoms with Crippen LogP contribution in [0.1, 0.15) is 22.8 Å². The van der Waals surface area contributed by atoms with Crippen molar-refractivity contribution in [3.8, 4) is 11.5 Å². The largest absolute Gasteiger partial charge is 0.462 e. The SMILES string of the molecule is CCOC(=O)c1ccc(C)c(Oc2ccccc2)c1F. The Morgan fingerprint density at radius 2 is 1.85 bits per heavy atom. The van der Waals surface area contributed by atoms with Crippen molar-refractivity contribution in [2.75, 3.05) is 6.61 Å². The molecule has 0 saturated heterocycles. The van der Waals surface area contributed by atoms with E-state index in [9.17, 15) is 9.18 Å². The van der Waals surface area contributed by atoms with Crippen molar-refractivity contribution in [2.24, 2.45) is 0 Å². The average molecular weight is 274 g/mol. The average Bonchev–Trinajstić information content (AvgIpc) is 2.45. The van der Waals surface area contributed by atoms with Gasteiger partial charge in [-0.05, 0) is 37.6 Å². The van der Waals surface area contributed by atoms with Gasteiger partial charge in [0.2, 0.25) is 0 Å². The number of carbonyl (C=O) groups excluding carboxylic acids is 1. The van der Waals surface area contributed by atoms with E-state index >= 15 is 0 Å². The van der Waals surface area contributed by atoms with Gasteiger partial charge in [-0.15, -0.1) is 0 Å². The molecular formula is C16H15FO3. The second kappa shape index (κ2) is 6.19. The summed E-state index contributed by atoms with van der Waals surface area (Å²) < 4.78 is 24.7. The van der Waals surface area contributed by atoms with Crippen LogP contribution in [-0.4, -0.2) is 12.6 Å². The molecule has 0 amide bonds. The molecule has 2 aromatic rings. The molecule has 2 aromatic carbocycles. The first-order chi connectivity index (χ1) is 9.63. The number of para-hydroxylation sites is 1. The molecule has 104 valence electrons. The van der Waals surface area contributed by atoms with Crippen molar-refractivity contribution < 1.29 is 18.7 Å². The summed E-state index contributed by atoms with van der Waals surface area (Å²) in [5.41, 5.74) is 0.489. The number of benzene rings is 2. The summed E-state index contributed by atoms with van der Waals surface area (Å²) in [6.07, 6.45) is 0. The third kappa shape index (κ3) is 2.96. The Morgan fingerprint density at radius 1 is 1.15 bits per heavy atom. The molecule has 0 N–H and O–H groups in total. The van der Waals surface area contributed by atoms with Crippen LogP contribution in [0.4, 0.5) is 4.39 Å². The lowest BCUT2D eigenvalue weighted by molar-refractivity contribution is 0.0520. The fourth-order valence-electron chi connectivity index (χ4n) is 1.75. The minimum Gasteiger partial charge on any atom is -0.462 e. The molecule has 0 aliphatic carbocycles. The van der Waals surface area contributed by atoms with E-state index in [4.69, 9.17) is 9.47 Å². The summed E-state index contributed by atoms with van der Waals surface area (Å²) in [5, 5.41) is 0. The van der Waals surface area contributed by atoms with Crippen LogP contribution in [0.3, 0.4) is 0 Å². The van der Waals surface area contributed by atoms with E-state index < -0.39 is 11.8 Å². The Kier molecular flexibility index (Phi) is 4.35. The van der Waals surface area contributed by atoms with E-state index in [0.29, 0.717) is 11.3 Å². The predicted octanol–water partition coefficient (Wildman–Crippen LogP) is 4.10. The predicted molar refractivity (Wildman–Crippen MR) is 73.6 cm³/mol. The molecule has 0 fully saturated rings. The summed E-state index contributed by atoms with van der Waals surface area (Å²) in [5.74, 6) is -0.840. The number of hydrogen-bond donors (Lipinski definition) is 0. The van der Waals surface area contributed by atoms with Crippen LogP contribution in [0.25, 0.3) is 0 Å². The Labute approximate surface area is 117 Å². The number of carbonyl (C=O) groups is 1. The maximum atomic E-state index is 14.4. The minimum atomic E-state index is -0.702. The van der Waals surface area contributed by atoms with Crippen molar-refractivity contribution in [3.63, 3.8) is 0 Å². The molecule has 0 aliphatic rings. The van der Waals surface area contributed by atoms with Gasteiger partial charge in [0, 0.05) is 0 Å². The molecule has 4 heteroatoms. The van der Waals surface area contributed by atoms with Gasteiger partial charge >= 0.3 is 5.97 Å². The summed E-state index contributed by atoms with van der Waals surface area (Å²) in [6.45, 7) is 3.59. The fraction of sp³-hybridized carbons (Fsp3) is 0.188. The van der Waals surface area contributed by atoms with E-state index in [1.807, 2.05) is 6.07 Å². The monoisotopic (exact) mass is 274 g/mol. The van der Waals surface area contributed by atoms with Crippen molar-refractivity contribution >= 4 is 5.97 Å². The third-order valence-corrected chi connectivity index (χ3v) is 2.75. The quantitative estimate of drug-likeness (QED) is 0.787. The molecule has 0 spiro atoms. The molecule has 2 rings (SSSR count). The minimum absolute atomic E-state index is 0.0433. The maximum absolute atomic E-state index is 14.4. The van der Waals surface area contributed by atoms with Gasteiger partial charge in [0.25, 0.3) is 0 Å². The molecular weight excluding hydrogens is 259 g/mol. The molecule has 0 saturated carbocycles. The van der Waals surface area contributed by atoms with Crippen LogP contribution in [0.2, 0.25) is 0 Å². The molecule has 0 bridgehead atoms. The highest BCUT2D eigenvalue weighted by atomic mass is 19.1. The number of hydrogen-bond acceptors (Lipinski definition) is 3. The first-order valence-corrected chi connectivity index (χ1v) is 6.32. The van der Waals surface area contributed by atoms with Gasteiger partial charge in [0.1, 0.15) is 5.75 Å². The van der Waals surface area contributed by atoms with Gasteiger partial charge in [0.15, 0.2) is 11.6 Å². The molecule has 0 aromatic heterocycles. The molecule has 0 heterocycles. The van der Waals surface area contributed by atoms with Crippen LogP contribution in [0, 0.1) is 12.7 Å². The Bertz CT molecular complexity index is 609. The zero-order valence-electron chi connectivity index (χ0n) is 11.4. The lowest BCUT2D eigenvalue weighted by atomic mass is 10.1. The second-order valence-electron chi connectivity index (χ2n) is 4.21. The Balaban J connectivity index is 2.37. The zero-order chi connectivity index (χ0) is 14.5. The van der Waals surface area contributed by atoms with Crippen molar-refractivity contribution in [1.82, 2.24) is 0 Å². The maximum Gasteiger partial charge on any atom is 0.341 e. The van der Waals surface area contributed by atoms with Gasteiger partial charge in [-0.2, -0.15) is 0 Å². The highest BCUT2D eigenvalue weighted by Gasteiger charge is 2.19. The number of rotatable bonds is 4. The van der Waals surface area contributed by atoms with E-state index in [-0.39, 0.29) is 17.9 Å². The van der Waals surface area contributed by atoms with Crippen LogP contribution >= 0.6 is 0 Å². The summed E-state index contributed by atoms with van der Waals surface area (Å²) >= 11 is 0. The van der Waals surface area contributed by atoms with Crippen LogP contribution in [-0.2, 0) is 4.74 Å². The number of ether oxygens (including phenoxy) is 2. The third-order valence-electron chi connectivity index (χ3n) is 2.75. The number of esters is 1.